The van der Waals surface area contributed by atoms with Crippen LogP contribution in [-0.2, 0) is 9.53 Å². The Bertz CT molecular complexity index is 690. The van der Waals surface area contributed by atoms with Gasteiger partial charge in [-0.3, -0.25) is 4.79 Å². The molecule has 2 aromatic carbocycles. The van der Waals surface area contributed by atoms with E-state index in [1.165, 1.54) is 0 Å². The molecule has 4 unspecified atom stereocenters. The largest absolute Gasteiger partial charge is 0.367 e. The number of carbonyl (C=O) groups is 1. The minimum absolute atomic E-state index is 0.00283. The van der Waals surface area contributed by atoms with Crippen molar-refractivity contribution in [3.63, 3.8) is 0 Å². The van der Waals surface area contributed by atoms with Crippen LogP contribution in [0.2, 0.25) is 0 Å². The Morgan fingerprint density at radius 3 is 2.32 bits per heavy atom. The van der Waals surface area contributed by atoms with E-state index < -0.39 is 0 Å². The molecule has 4 heteroatoms. The first-order valence-corrected chi connectivity index (χ1v) is 8.86. The molecule has 0 radical (unpaired) electrons. The summed E-state index contributed by atoms with van der Waals surface area (Å²) < 4.78 is 6.05. The van der Waals surface area contributed by atoms with Gasteiger partial charge in [0.2, 0.25) is 5.91 Å². The number of benzene rings is 2. The highest BCUT2D eigenvalue weighted by atomic mass is 16.5. The molecule has 1 aliphatic rings. The molecule has 2 N–H and O–H groups in total. The van der Waals surface area contributed by atoms with Gasteiger partial charge in [0.15, 0.2) is 0 Å². The van der Waals surface area contributed by atoms with Crippen molar-refractivity contribution in [1.82, 2.24) is 4.90 Å². The first kappa shape index (κ1) is 17.6. The van der Waals surface area contributed by atoms with Crippen LogP contribution in [0.1, 0.15) is 37.1 Å². The number of ether oxygens (including phenoxy) is 1. The van der Waals surface area contributed by atoms with E-state index in [0.717, 1.165) is 11.1 Å². The Hall–Kier alpha value is -2.17. The standard InChI is InChI=1S/C21H26N2O2/c1-15-13-23(14-19(25-15)17-9-5-3-6-10-17)21(24)16(2)20(22)18-11-7-4-8-12-18/h3-12,15-16,19-20H,13-14,22H2,1-2H3. The molecule has 0 saturated carbocycles. The molecule has 0 bridgehead atoms. The maximum absolute atomic E-state index is 13.0. The Kier molecular flexibility index (Phi) is 5.51. The molecule has 0 aromatic heterocycles. The van der Waals surface area contributed by atoms with E-state index in [4.69, 9.17) is 10.5 Å². The maximum Gasteiger partial charge on any atom is 0.227 e. The molecule has 1 fully saturated rings. The van der Waals surface area contributed by atoms with E-state index in [9.17, 15) is 4.79 Å². The number of carbonyl (C=O) groups excluding carboxylic acids is 1. The summed E-state index contributed by atoms with van der Waals surface area (Å²) in [4.78, 5) is 14.9. The highest BCUT2D eigenvalue weighted by Gasteiger charge is 2.33. The second kappa shape index (κ2) is 7.81. The molecule has 2 aromatic rings. The topological polar surface area (TPSA) is 55.6 Å². The Labute approximate surface area is 149 Å². The van der Waals surface area contributed by atoms with Gasteiger partial charge < -0.3 is 15.4 Å². The molecule has 0 spiro atoms. The zero-order valence-corrected chi connectivity index (χ0v) is 14.8. The summed E-state index contributed by atoms with van der Waals surface area (Å²) in [5.74, 6) is -0.184. The number of rotatable bonds is 4. The van der Waals surface area contributed by atoms with E-state index in [0.29, 0.717) is 13.1 Å². The summed E-state index contributed by atoms with van der Waals surface area (Å²) in [6, 6.07) is 19.6. The fraction of sp³-hybridized carbons (Fsp3) is 0.381. The first-order chi connectivity index (χ1) is 12.1. The zero-order chi connectivity index (χ0) is 17.8. The highest BCUT2D eigenvalue weighted by Crippen LogP contribution is 2.28. The van der Waals surface area contributed by atoms with Gasteiger partial charge in [-0.1, -0.05) is 67.6 Å². The Morgan fingerprint density at radius 2 is 1.68 bits per heavy atom. The van der Waals surface area contributed by atoms with Crippen molar-refractivity contribution >= 4 is 5.91 Å². The lowest BCUT2D eigenvalue weighted by Gasteiger charge is -2.39. The lowest BCUT2D eigenvalue weighted by atomic mass is 9.93. The summed E-state index contributed by atoms with van der Waals surface area (Å²) in [5, 5.41) is 0. The fourth-order valence-corrected chi connectivity index (χ4v) is 3.39. The monoisotopic (exact) mass is 338 g/mol. The van der Waals surface area contributed by atoms with Gasteiger partial charge in [0, 0.05) is 12.6 Å². The fourth-order valence-electron chi connectivity index (χ4n) is 3.39. The van der Waals surface area contributed by atoms with Crippen molar-refractivity contribution in [1.29, 1.82) is 0 Å². The second-order valence-corrected chi connectivity index (χ2v) is 6.81. The highest BCUT2D eigenvalue weighted by molar-refractivity contribution is 5.79. The predicted molar refractivity (Wildman–Crippen MR) is 98.8 cm³/mol. The third kappa shape index (κ3) is 4.09. The molecule has 25 heavy (non-hydrogen) atoms. The molecule has 3 rings (SSSR count). The molecular weight excluding hydrogens is 312 g/mol. The summed E-state index contributed by atoms with van der Waals surface area (Å²) in [5.41, 5.74) is 8.44. The maximum atomic E-state index is 13.0. The van der Waals surface area contributed by atoms with Crippen LogP contribution in [0, 0.1) is 5.92 Å². The lowest BCUT2D eigenvalue weighted by Crippen LogP contribution is -2.49. The normalized spacial score (nSPS) is 23.1. The number of nitrogens with zero attached hydrogens (tertiary/aromatic N) is 1. The van der Waals surface area contributed by atoms with Crippen LogP contribution in [0.3, 0.4) is 0 Å². The molecule has 4 nitrogen and oxygen atoms in total. The number of morpholine rings is 1. The lowest BCUT2D eigenvalue weighted by molar-refractivity contribution is -0.149. The van der Waals surface area contributed by atoms with E-state index in [1.54, 1.807) is 0 Å². The Morgan fingerprint density at radius 1 is 1.08 bits per heavy atom. The van der Waals surface area contributed by atoms with Gasteiger partial charge in [-0.05, 0) is 18.1 Å². The van der Waals surface area contributed by atoms with Crippen LogP contribution in [0.15, 0.2) is 60.7 Å². The minimum Gasteiger partial charge on any atom is -0.367 e. The van der Waals surface area contributed by atoms with Gasteiger partial charge in [0.25, 0.3) is 0 Å². The van der Waals surface area contributed by atoms with Gasteiger partial charge in [0.1, 0.15) is 6.10 Å². The molecule has 1 amide bonds. The van der Waals surface area contributed by atoms with Crippen LogP contribution in [0.4, 0.5) is 0 Å². The number of hydrogen-bond acceptors (Lipinski definition) is 3. The van der Waals surface area contributed by atoms with Crippen LogP contribution in [0.25, 0.3) is 0 Å². The summed E-state index contributed by atoms with van der Waals surface area (Å²) in [6.45, 7) is 5.10. The van der Waals surface area contributed by atoms with Gasteiger partial charge in [-0.2, -0.15) is 0 Å². The van der Waals surface area contributed by atoms with Crippen molar-refractivity contribution in [2.24, 2.45) is 11.7 Å². The molecule has 1 saturated heterocycles. The zero-order valence-electron chi connectivity index (χ0n) is 14.8. The Balaban J connectivity index is 1.72. The van der Waals surface area contributed by atoms with Crippen LogP contribution in [-0.4, -0.2) is 30.0 Å². The SMILES string of the molecule is CC1CN(C(=O)C(C)C(N)c2ccccc2)CC(c2ccccc2)O1. The van der Waals surface area contributed by atoms with Crippen molar-refractivity contribution < 1.29 is 9.53 Å². The van der Waals surface area contributed by atoms with Crippen molar-refractivity contribution in [2.45, 2.75) is 32.1 Å². The van der Waals surface area contributed by atoms with E-state index in [2.05, 4.69) is 0 Å². The minimum atomic E-state index is -0.304. The summed E-state index contributed by atoms with van der Waals surface area (Å²) >= 11 is 0. The third-order valence-electron chi connectivity index (χ3n) is 4.86. The van der Waals surface area contributed by atoms with Crippen LogP contribution in [0.5, 0.6) is 0 Å². The van der Waals surface area contributed by atoms with Gasteiger partial charge in [0.05, 0.1) is 18.6 Å². The van der Waals surface area contributed by atoms with Crippen LogP contribution < -0.4 is 5.73 Å². The van der Waals surface area contributed by atoms with Gasteiger partial charge in [-0.25, -0.2) is 0 Å². The summed E-state index contributed by atoms with van der Waals surface area (Å²) in [7, 11) is 0. The predicted octanol–water partition coefficient (Wildman–Crippen LogP) is 3.31. The quantitative estimate of drug-likeness (QED) is 0.930. The van der Waals surface area contributed by atoms with Crippen molar-refractivity contribution in [2.75, 3.05) is 13.1 Å². The molecule has 4 atom stereocenters. The number of nitrogens with two attached hydrogens (primary N) is 1. The number of amides is 1. The number of hydrogen-bond donors (Lipinski definition) is 1. The van der Waals surface area contributed by atoms with E-state index in [-0.39, 0.29) is 30.1 Å². The molecule has 0 aliphatic carbocycles. The average molecular weight is 338 g/mol. The smallest absolute Gasteiger partial charge is 0.227 e. The average Bonchev–Trinajstić information content (AvgIpc) is 2.67. The van der Waals surface area contributed by atoms with E-state index >= 15 is 0 Å². The second-order valence-electron chi connectivity index (χ2n) is 6.81. The first-order valence-electron chi connectivity index (χ1n) is 8.86. The molecule has 1 heterocycles. The molecular formula is C21H26N2O2. The third-order valence-corrected chi connectivity index (χ3v) is 4.86. The summed E-state index contributed by atoms with van der Waals surface area (Å²) in [6.07, 6.45) is -0.0860. The van der Waals surface area contributed by atoms with Gasteiger partial charge >= 0.3 is 0 Å². The molecule has 132 valence electrons. The molecule has 1 aliphatic heterocycles. The van der Waals surface area contributed by atoms with Crippen molar-refractivity contribution in [3.8, 4) is 0 Å². The van der Waals surface area contributed by atoms with Gasteiger partial charge in [-0.15, -0.1) is 0 Å². The van der Waals surface area contributed by atoms with E-state index in [1.807, 2.05) is 79.4 Å². The van der Waals surface area contributed by atoms with Crippen LogP contribution >= 0.6 is 0 Å². The van der Waals surface area contributed by atoms with Crippen molar-refractivity contribution in [3.05, 3.63) is 71.8 Å².